The van der Waals surface area contributed by atoms with Gasteiger partial charge in [-0.3, -0.25) is 4.90 Å². The molecule has 6 heteroatoms. The molecule has 0 amide bonds. The molecule has 0 spiro atoms. The lowest BCUT2D eigenvalue weighted by Gasteiger charge is -2.25. The number of likely N-dealkylation sites (tertiary alicyclic amines) is 1. The molecule has 136 valence electrons. The Labute approximate surface area is 162 Å². The van der Waals surface area contributed by atoms with Gasteiger partial charge in [0.1, 0.15) is 16.5 Å². The van der Waals surface area contributed by atoms with Crippen LogP contribution in [0.3, 0.4) is 0 Å². The maximum absolute atomic E-state index is 5.63. The second kappa shape index (κ2) is 7.78. The zero-order valence-electron chi connectivity index (χ0n) is 15.0. The minimum absolute atomic E-state index is 0.363. The van der Waals surface area contributed by atoms with Crippen LogP contribution in [0.4, 0.5) is 0 Å². The lowest BCUT2D eigenvalue weighted by atomic mass is 10.0. The Morgan fingerprint density at radius 1 is 1.19 bits per heavy atom. The van der Waals surface area contributed by atoms with Gasteiger partial charge in [0, 0.05) is 40.5 Å². The van der Waals surface area contributed by atoms with E-state index in [1.165, 1.54) is 17.5 Å². The fourth-order valence-electron chi connectivity index (χ4n) is 3.57. The van der Waals surface area contributed by atoms with Gasteiger partial charge in [-0.1, -0.05) is 6.07 Å². The third kappa shape index (κ3) is 3.49. The van der Waals surface area contributed by atoms with Gasteiger partial charge in [0.05, 0.1) is 19.9 Å². The van der Waals surface area contributed by atoms with Crippen LogP contribution < -0.4 is 9.47 Å². The van der Waals surface area contributed by atoms with Crippen molar-refractivity contribution in [2.24, 2.45) is 0 Å². The van der Waals surface area contributed by atoms with Crippen molar-refractivity contribution in [1.82, 2.24) is 9.88 Å². The molecule has 1 aliphatic rings. The smallest absolute Gasteiger partial charge is 0.127 e. The third-order valence-corrected chi connectivity index (χ3v) is 6.47. The molecular weight excluding hydrogens is 364 g/mol. The Balaban J connectivity index is 1.54. The molecule has 3 heterocycles. The molecule has 0 N–H and O–H groups in total. The molecule has 0 bridgehead atoms. The number of thiophene rings is 1. The molecule has 1 aliphatic heterocycles. The van der Waals surface area contributed by atoms with Crippen LogP contribution in [0.15, 0.2) is 40.4 Å². The van der Waals surface area contributed by atoms with Gasteiger partial charge in [-0.15, -0.1) is 11.3 Å². The van der Waals surface area contributed by atoms with Gasteiger partial charge in [0.25, 0.3) is 0 Å². The van der Waals surface area contributed by atoms with Crippen LogP contribution in [0.5, 0.6) is 11.5 Å². The summed E-state index contributed by atoms with van der Waals surface area (Å²) in [5, 5.41) is 7.55. The zero-order chi connectivity index (χ0) is 17.9. The van der Waals surface area contributed by atoms with E-state index in [0.717, 1.165) is 41.7 Å². The Morgan fingerprint density at radius 2 is 2.12 bits per heavy atom. The fraction of sp³-hybridized carbons (Fsp3) is 0.350. The first-order valence-corrected chi connectivity index (χ1v) is 10.5. The summed E-state index contributed by atoms with van der Waals surface area (Å²) in [4.78, 5) is 7.36. The van der Waals surface area contributed by atoms with Crippen molar-refractivity contribution in [1.29, 1.82) is 0 Å². The lowest BCUT2D eigenvalue weighted by molar-refractivity contribution is 0.240. The molecule has 4 rings (SSSR count). The topological polar surface area (TPSA) is 34.6 Å². The molecule has 26 heavy (non-hydrogen) atoms. The molecule has 3 aromatic rings. The van der Waals surface area contributed by atoms with E-state index in [1.54, 1.807) is 36.9 Å². The maximum atomic E-state index is 5.63. The molecular formula is C20H22N2O2S2. The van der Waals surface area contributed by atoms with Crippen LogP contribution >= 0.6 is 22.7 Å². The number of benzene rings is 1. The second-order valence-electron chi connectivity index (χ2n) is 6.39. The Kier molecular flexibility index (Phi) is 5.24. The van der Waals surface area contributed by atoms with E-state index < -0.39 is 0 Å². The van der Waals surface area contributed by atoms with E-state index in [-0.39, 0.29) is 0 Å². The average Bonchev–Trinajstić information content (AvgIpc) is 3.43. The zero-order valence-corrected chi connectivity index (χ0v) is 16.6. The molecule has 0 aliphatic carbocycles. The number of nitrogens with zero attached hydrogens (tertiary/aromatic N) is 2. The second-order valence-corrected chi connectivity index (χ2v) is 8.03. The van der Waals surface area contributed by atoms with Crippen molar-refractivity contribution in [3.63, 3.8) is 0 Å². The van der Waals surface area contributed by atoms with Crippen LogP contribution in [0.1, 0.15) is 30.1 Å². The Morgan fingerprint density at radius 3 is 2.88 bits per heavy atom. The van der Waals surface area contributed by atoms with Gasteiger partial charge in [0.15, 0.2) is 0 Å². The first kappa shape index (κ1) is 17.5. The van der Waals surface area contributed by atoms with E-state index in [0.29, 0.717) is 6.04 Å². The predicted octanol–water partition coefficient (Wildman–Crippen LogP) is 5.23. The van der Waals surface area contributed by atoms with E-state index in [4.69, 9.17) is 14.5 Å². The normalized spacial score (nSPS) is 17.5. The van der Waals surface area contributed by atoms with Gasteiger partial charge in [0.2, 0.25) is 0 Å². The van der Waals surface area contributed by atoms with Gasteiger partial charge in [-0.25, -0.2) is 4.98 Å². The monoisotopic (exact) mass is 386 g/mol. The van der Waals surface area contributed by atoms with Crippen molar-refractivity contribution in [2.45, 2.75) is 25.4 Å². The minimum Gasteiger partial charge on any atom is -0.497 e. The highest BCUT2D eigenvalue weighted by molar-refractivity contribution is 7.14. The van der Waals surface area contributed by atoms with Crippen LogP contribution in [-0.4, -0.2) is 30.6 Å². The molecule has 0 radical (unpaired) electrons. The predicted molar refractivity (Wildman–Crippen MR) is 107 cm³/mol. The molecule has 1 atom stereocenters. The van der Waals surface area contributed by atoms with Gasteiger partial charge in [-0.05, 0) is 36.9 Å². The van der Waals surface area contributed by atoms with E-state index in [9.17, 15) is 0 Å². The molecule has 1 aromatic carbocycles. The number of rotatable bonds is 6. The van der Waals surface area contributed by atoms with Crippen LogP contribution in [-0.2, 0) is 6.54 Å². The van der Waals surface area contributed by atoms with Crippen molar-refractivity contribution < 1.29 is 9.47 Å². The molecule has 1 fully saturated rings. The lowest BCUT2D eigenvalue weighted by Crippen LogP contribution is -2.23. The largest absolute Gasteiger partial charge is 0.497 e. The van der Waals surface area contributed by atoms with Crippen molar-refractivity contribution in [2.75, 3.05) is 20.8 Å². The highest BCUT2D eigenvalue weighted by atomic mass is 32.1. The number of ether oxygens (including phenoxy) is 2. The van der Waals surface area contributed by atoms with Gasteiger partial charge < -0.3 is 9.47 Å². The van der Waals surface area contributed by atoms with Crippen LogP contribution in [0.2, 0.25) is 0 Å². The SMILES string of the molecule is COc1ccc([C@H]2CCCN2Cc2csc(-c3ccsc3)n2)c(OC)c1. The quantitative estimate of drug-likeness (QED) is 0.581. The maximum Gasteiger partial charge on any atom is 0.127 e. The number of hydrogen-bond acceptors (Lipinski definition) is 6. The highest BCUT2D eigenvalue weighted by Crippen LogP contribution is 2.39. The summed E-state index contributed by atoms with van der Waals surface area (Å²) in [7, 11) is 3.41. The summed E-state index contributed by atoms with van der Waals surface area (Å²) in [5.41, 5.74) is 3.61. The molecule has 0 unspecified atom stereocenters. The van der Waals surface area contributed by atoms with Crippen LogP contribution in [0.25, 0.3) is 10.6 Å². The molecule has 2 aromatic heterocycles. The van der Waals surface area contributed by atoms with Crippen molar-refractivity contribution in [3.8, 4) is 22.1 Å². The third-order valence-electron chi connectivity index (χ3n) is 4.85. The van der Waals surface area contributed by atoms with Crippen LogP contribution in [0, 0.1) is 0 Å². The summed E-state index contributed by atoms with van der Waals surface area (Å²) >= 11 is 3.44. The first-order valence-electron chi connectivity index (χ1n) is 8.71. The standard InChI is InChI=1S/C20H22N2O2S2/c1-23-16-5-6-17(19(10-16)24-2)18-4-3-8-22(18)11-15-13-26-20(21-15)14-7-9-25-12-14/h5-7,9-10,12-13,18H,3-4,8,11H2,1-2H3/t18-/m1/s1. The summed E-state index contributed by atoms with van der Waals surface area (Å²) in [5.74, 6) is 1.73. The first-order chi connectivity index (χ1) is 12.8. The van der Waals surface area contributed by atoms with Crippen molar-refractivity contribution in [3.05, 3.63) is 51.7 Å². The number of thiazole rings is 1. The average molecular weight is 387 g/mol. The number of methoxy groups -OCH3 is 2. The molecule has 1 saturated heterocycles. The van der Waals surface area contributed by atoms with Gasteiger partial charge in [-0.2, -0.15) is 11.3 Å². The highest BCUT2D eigenvalue weighted by Gasteiger charge is 2.29. The van der Waals surface area contributed by atoms with E-state index >= 15 is 0 Å². The summed E-state index contributed by atoms with van der Waals surface area (Å²) in [6.07, 6.45) is 2.34. The van der Waals surface area contributed by atoms with Gasteiger partial charge >= 0.3 is 0 Å². The minimum atomic E-state index is 0.363. The van der Waals surface area contributed by atoms with E-state index in [1.807, 2.05) is 12.1 Å². The molecule has 4 nitrogen and oxygen atoms in total. The molecule has 0 saturated carbocycles. The number of hydrogen-bond donors (Lipinski definition) is 0. The van der Waals surface area contributed by atoms with Crippen molar-refractivity contribution >= 4 is 22.7 Å². The summed E-state index contributed by atoms with van der Waals surface area (Å²) in [6, 6.07) is 8.63. The fourth-order valence-corrected chi connectivity index (χ4v) is 5.09. The summed E-state index contributed by atoms with van der Waals surface area (Å²) in [6.45, 7) is 1.96. The Hall–Kier alpha value is -1.89. The Bertz CT molecular complexity index is 861. The summed E-state index contributed by atoms with van der Waals surface area (Å²) < 4.78 is 11.0. The van der Waals surface area contributed by atoms with E-state index in [2.05, 4.69) is 33.2 Å². The number of aromatic nitrogens is 1.